The Bertz CT molecular complexity index is 665. The number of hydrogen-bond donors (Lipinski definition) is 9. The first-order valence-electron chi connectivity index (χ1n) is 8.71. The van der Waals surface area contributed by atoms with Crippen LogP contribution in [0.25, 0.3) is 0 Å². The summed E-state index contributed by atoms with van der Waals surface area (Å²) in [5, 5.41) is 33.3. The number of aliphatic carboxylic acids is 2. The number of carboxylic acid groups (broad SMARTS) is 2. The molecule has 30 heavy (non-hydrogen) atoms. The molecule has 0 radical (unpaired) electrons. The van der Waals surface area contributed by atoms with Crippen molar-refractivity contribution in [1.29, 1.82) is 0 Å². The molecule has 170 valence electrons. The summed E-state index contributed by atoms with van der Waals surface area (Å²) in [6.45, 7) is -1.31. The molecule has 3 amide bonds. The Morgan fingerprint density at radius 2 is 1.60 bits per heavy atom. The summed E-state index contributed by atoms with van der Waals surface area (Å²) in [7, 11) is 0. The number of aliphatic imine (C=N–C) groups is 1. The van der Waals surface area contributed by atoms with E-state index in [0.717, 1.165) is 0 Å². The molecule has 3 unspecified atom stereocenters. The van der Waals surface area contributed by atoms with Gasteiger partial charge in [0.05, 0.1) is 25.6 Å². The molecule has 0 bridgehead atoms. The number of amides is 3. The highest BCUT2D eigenvalue weighted by molar-refractivity contribution is 5.93. The summed E-state index contributed by atoms with van der Waals surface area (Å²) in [5.41, 5.74) is 15.6. The molecule has 15 heteroatoms. The smallest absolute Gasteiger partial charge is 0.326 e. The van der Waals surface area contributed by atoms with E-state index in [1.807, 2.05) is 5.32 Å². The van der Waals surface area contributed by atoms with Crippen LogP contribution in [0, 0.1) is 0 Å². The lowest BCUT2D eigenvalue weighted by Crippen LogP contribution is -2.55. The SMILES string of the molecule is NC(N)=NCCCC(NC(=O)CNC(=O)C(CO)NC(=O)C(N)CC(=O)O)C(=O)O. The molecule has 0 saturated carbocycles. The van der Waals surface area contributed by atoms with Gasteiger partial charge in [-0.1, -0.05) is 0 Å². The number of nitrogens with zero attached hydrogens (tertiary/aromatic N) is 1. The van der Waals surface area contributed by atoms with E-state index in [1.165, 1.54) is 0 Å². The van der Waals surface area contributed by atoms with Crippen molar-refractivity contribution in [2.75, 3.05) is 19.7 Å². The predicted octanol–water partition coefficient (Wildman–Crippen LogP) is -5.00. The van der Waals surface area contributed by atoms with Gasteiger partial charge >= 0.3 is 11.9 Å². The maximum Gasteiger partial charge on any atom is 0.326 e. The molecular formula is C15H27N7O8. The van der Waals surface area contributed by atoms with Gasteiger partial charge in [0, 0.05) is 6.54 Å². The molecule has 0 heterocycles. The van der Waals surface area contributed by atoms with Crippen LogP contribution in [0.5, 0.6) is 0 Å². The standard InChI is InChI=1S/C15H27N7O8/c16-7(4-11(25)26)12(27)22-9(6-23)13(28)20-5-10(24)21-8(14(29)30)2-1-3-19-15(17)18/h7-9,23H,1-6,16H2,(H,20,28)(H,21,24)(H,22,27)(H,25,26)(H,29,30)(H4,17,18,19). The van der Waals surface area contributed by atoms with Gasteiger partial charge in [-0.15, -0.1) is 0 Å². The van der Waals surface area contributed by atoms with Gasteiger partial charge < -0.3 is 48.5 Å². The largest absolute Gasteiger partial charge is 0.481 e. The molecule has 12 N–H and O–H groups in total. The Kier molecular flexibility index (Phi) is 12.1. The van der Waals surface area contributed by atoms with Crippen LogP contribution in [-0.2, 0) is 24.0 Å². The van der Waals surface area contributed by atoms with Crippen LogP contribution in [0.1, 0.15) is 19.3 Å². The molecule has 0 aliphatic heterocycles. The lowest BCUT2D eigenvalue weighted by Gasteiger charge is -2.19. The van der Waals surface area contributed by atoms with Gasteiger partial charge in [0.2, 0.25) is 17.7 Å². The molecule has 0 rings (SSSR count). The van der Waals surface area contributed by atoms with Gasteiger partial charge in [-0.25, -0.2) is 4.79 Å². The average molecular weight is 433 g/mol. The Hall–Kier alpha value is -3.46. The third kappa shape index (κ3) is 11.4. The van der Waals surface area contributed by atoms with Gasteiger partial charge in [0.1, 0.15) is 12.1 Å². The van der Waals surface area contributed by atoms with Crippen molar-refractivity contribution in [3.05, 3.63) is 0 Å². The third-order valence-electron chi connectivity index (χ3n) is 3.55. The summed E-state index contributed by atoms with van der Waals surface area (Å²) in [6.07, 6.45) is -0.382. The van der Waals surface area contributed by atoms with Crippen molar-refractivity contribution in [3.63, 3.8) is 0 Å². The highest BCUT2D eigenvalue weighted by Crippen LogP contribution is 1.98. The molecule has 0 spiro atoms. The van der Waals surface area contributed by atoms with Crippen molar-refractivity contribution >= 4 is 35.6 Å². The van der Waals surface area contributed by atoms with E-state index >= 15 is 0 Å². The third-order valence-corrected chi connectivity index (χ3v) is 3.55. The number of carbonyl (C=O) groups excluding carboxylic acids is 3. The Morgan fingerprint density at radius 3 is 2.10 bits per heavy atom. The first kappa shape index (κ1) is 26.5. The lowest BCUT2D eigenvalue weighted by atomic mass is 10.1. The van der Waals surface area contributed by atoms with E-state index in [0.29, 0.717) is 0 Å². The van der Waals surface area contributed by atoms with Crippen LogP contribution in [0.15, 0.2) is 4.99 Å². The number of carboxylic acids is 2. The van der Waals surface area contributed by atoms with Crippen molar-refractivity contribution in [2.24, 2.45) is 22.2 Å². The fraction of sp³-hybridized carbons (Fsp3) is 0.600. The zero-order chi connectivity index (χ0) is 23.3. The van der Waals surface area contributed by atoms with Crippen LogP contribution >= 0.6 is 0 Å². The molecule has 15 nitrogen and oxygen atoms in total. The predicted molar refractivity (Wildman–Crippen MR) is 102 cm³/mol. The number of rotatable bonds is 14. The molecule has 3 atom stereocenters. The van der Waals surface area contributed by atoms with E-state index in [2.05, 4.69) is 15.6 Å². The van der Waals surface area contributed by atoms with Crippen molar-refractivity contribution < 1.29 is 39.3 Å². The topological polar surface area (TPSA) is 273 Å². The van der Waals surface area contributed by atoms with E-state index in [1.54, 1.807) is 0 Å². The number of aliphatic hydroxyl groups is 1. The fourth-order valence-corrected chi connectivity index (χ4v) is 2.05. The first-order valence-corrected chi connectivity index (χ1v) is 8.71. The minimum atomic E-state index is -1.49. The van der Waals surface area contributed by atoms with Gasteiger partial charge in [0.25, 0.3) is 0 Å². The summed E-state index contributed by atoms with van der Waals surface area (Å²) in [6, 6.07) is -4.17. The summed E-state index contributed by atoms with van der Waals surface area (Å²) in [4.78, 5) is 61.0. The Labute approximate surface area is 171 Å². The van der Waals surface area contributed by atoms with Crippen molar-refractivity contribution in [2.45, 2.75) is 37.4 Å². The van der Waals surface area contributed by atoms with Gasteiger partial charge in [0.15, 0.2) is 5.96 Å². The molecule has 0 aromatic carbocycles. The summed E-state index contributed by atoms with van der Waals surface area (Å²) in [5.74, 6) is -5.55. The zero-order valence-electron chi connectivity index (χ0n) is 16.0. The molecule has 0 fully saturated rings. The molecular weight excluding hydrogens is 406 g/mol. The minimum absolute atomic E-state index is 0.0303. The molecule has 0 aromatic rings. The van der Waals surface area contributed by atoms with Gasteiger partial charge in [-0.05, 0) is 12.8 Å². The normalized spacial score (nSPS) is 13.3. The number of aliphatic hydroxyl groups excluding tert-OH is 1. The van der Waals surface area contributed by atoms with E-state index in [4.69, 9.17) is 27.4 Å². The molecule has 0 aliphatic rings. The quantitative estimate of drug-likeness (QED) is 0.0710. The molecule has 0 saturated heterocycles. The first-order chi connectivity index (χ1) is 14.0. The second-order valence-electron chi connectivity index (χ2n) is 6.07. The summed E-state index contributed by atoms with van der Waals surface area (Å²) >= 11 is 0. The zero-order valence-corrected chi connectivity index (χ0v) is 16.0. The number of guanidine groups is 1. The Morgan fingerprint density at radius 1 is 0.967 bits per heavy atom. The highest BCUT2D eigenvalue weighted by Gasteiger charge is 2.25. The van der Waals surface area contributed by atoms with Crippen LogP contribution < -0.4 is 33.2 Å². The Balaban J connectivity index is 4.57. The van der Waals surface area contributed by atoms with Gasteiger partial charge in [-0.2, -0.15) is 0 Å². The van der Waals surface area contributed by atoms with E-state index in [-0.39, 0.29) is 25.3 Å². The van der Waals surface area contributed by atoms with Crippen LogP contribution in [0.4, 0.5) is 0 Å². The molecule has 0 aliphatic carbocycles. The maximum absolute atomic E-state index is 12.0. The van der Waals surface area contributed by atoms with Crippen LogP contribution in [0.2, 0.25) is 0 Å². The number of nitrogens with one attached hydrogen (secondary N) is 3. The van der Waals surface area contributed by atoms with E-state index < -0.39 is 67.4 Å². The average Bonchev–Trinajstić information content (AvgIpc) is 2.65. The minimum Gasteiger partial charge on any atom is -0.481 e. The van der Waals surface area contributed by atoms with Crippen molar-refractivity contribution in [1.82, 2.24) is 16.0 Å². The lowest BCUT2D eigenvalue weighted by molar-refractivity contribution is -0.142. The number of carbonyl (C=O) groups is 5. The number of nitrogens with two attached hydrogens (primary N) is 3. The summed E-state index contributed by atoms with van der Waals surface area (Å²) < 4.78 is 0. The second kappa shape index (κ2) is 13.7. The second-order valence-corrected chi connectivity index (χ2v) is 6.07. The van der Waals surface area contributed by atoms with Crippen molar-refractivity contribution in [3.8, 4) is 0 Å². The maximum atomic E-state index is 12.0. The number of hydrogen-bond acceptors (Lipinski definition) is 8. The van der Waals surface area contributed by atoms with Gasteiger partial charge in [-0.3, -0.25) is 24.2 Å². The molecule has 0 aromatic heterocycles. The monoisotopic (exact) mass is 433 g/mol. The highest BCUT2D eigenvalue weighted by atomic mass is 16.4. The van der Waals surface area contributed by atoms with Crippen LogP contribution in [0.3, 0.4) is 0 Å². The van der Waals surface area contributed by atoms with Crippen LogP contribution in [-0.4, -0.2) is 88.8 Å². The van der Waals surface area contributed by atoms with E-state index in [9.17, 15) is 29.1 Å². The fourth-order valence-electron chi connectivity index (χ4n) is 2.05.